The van der Waals surface area contributed by atoms with Crippen LogP contribution in [-0.4, -0.2) is 10.9 Å². The first-order valence-corrected chi connectivity index (χ1v) is 40.5. The first-order valence-electron chi connectivity index (χ1n) is 28.1. The molecule has 0 aliphatic heterocycles. The van der Waals surface area contributed by atoms with Crippen molar-refractivity contribution in [2.75, 3.05) is 0 Å². The summed E-state index contributed by atoms with van der Waals surface area (Å²) in [6, 6.07) is 67.0. The fourth-order valence-corrected chi connectivity index (χ4v) is 11.6. The van der Waals surface area contributed by atoms with Gasteiger partial charge in [0.25, 0.3) is 0 Å². The molecule has 0 amide bonds. The van der Waals surface area contributed by atoms with E-state index in [9.17, 15) is 0 Å². The molecule has 0 radical (unpaired) electrons. The molecule has 0 bridgehead atoms. The van der Waals surface area contributed by atoms with Crippen molar-refractivity contribution in [3.8, 4) is 44.5 Å². The topological polar surface area (TPSA) is 0 Å². The number of fused-ring (bicyclic) bond motifs is 12. The van der Waals surface area contributed by atoms with Gasteiger partial charge in [-0.05, 0) is 73.6 Å². The van der Waals surface area contributed by atoms with Crippen molar-refractivity contribution in [1.82, 2.24) is 0 Å². The largest absolute Gasteiger partial charge is 1.00 e. The van der Waals surface area contributed by atoms with Gasteiger partial charge in [0.2, 0.25) is 0 Å². The van der Waals surface area contributed by atoms with Crippen molar-refractivity contribution in [2.45, 2.75) is 77.6 Å². The average Bonchev–Trinajstić information content (AvgIpc) is 4.54. The van der Waals surface area contributed by atoms with Gasteiger partial charge in [0.1, 0.15) is 0 Å². The van der Waals surface area contributed by atoms with E-state index in [2.05, 4.69) is 269 Å². The summed E-state index contributed by atoms with van der Waals surface area (Å²) in [4.78, 5) is 0. The Morgan fingerprint density at radius 2 is 0.500 bits per heavy atom. The second kappa shape index (κ2) is 28.8. The van der Waals surface area contributed by atoms with E-state index in [1.165, 1.54) is 134 Å². The minimum atomic E-state index is 0. The number of hydrogen-bond donors (Lipinski definition) is 0. The molecule has 82 heavy (non-hydrogen) atoms. The SMILES string of the molecule is C[Si](C)=[Zr+2].C[Si](C)=[Zr+2].[Cl-].[Cl-].[c-]1c(C2=CC=CC2)ccc2c1Cc1ccccc1-2.[c-]1c(C2=CC=CC2)ccc2c1Cc1ccccc1-2.[c-]1c(C2=CC=CC2)ccc2c1Cc1ccccc1-2.[c-]1c(C2=CC=CC2)ccc2c1Cc1ccccc1-2. The van der Waals surface area contributed by atoms with Crippen LogP contribution in [0.1, 0.15) is 92.4 Å². The molecule has 16 rings (SSSR count). The second-order valence-corrected chi connectivity index (χ2v) is 40.4. The zero-order valence-corrected chi connectivity index (χ0v) is 55.6. The number of allylic oxidation sites excluding steroid dienone is 16. The van der Waals surface area contributed by atoms with E-state index in [0.29, 0.717) is 0 Å². The monoisotopic (exact) mass is 1280 g/mol. The van der Waals surface area contributed by atoms with Crippen LogP contribution in [0.5, 0.6) is 0 Å². The van der Waals surface area contributed by atoms with Crippen molar-refractivity contribution < 1.29 is 71.5 Å². The quantitative estimate of drug-likeness (QED) is 0.122. The zero-order valence-electron chi connectivity index (χ0n) is 47.2. The molecule has 8 aromatic carbocycles. The summed E-state index contributed by atoms with van der Waals surface area (Å²) in [5.41, 5.74) is 33.1. The number of rotatable bonds is 4. The summed E-state index contributed by atoms with van der Waals surface area (Å²) in [5, 5.41) is 0. The van der Waals surface area contributed by atoms with Crippen LogP contribution < -0.4 is 24.8 Å². The molecule has 8 aliphatic carbocycles. The molecule has 0 heterocycles. The van der Waals surface area contributed by atoms with Gasteiger partial charge in [0.05, 0.1) is 0 Å². The summed E-state index contributed by atoms with van der Waals surface area (Å²) in [7, 11) is 0. The van der Waals surface area contributed by atoms with E-state index >= 15 is 0 Å². The molecule has 0 fully saturated rings. The average molecular weight is 1290 g/mol. The molecule has 0 atom stereocenters. The molecular weight excluding hydrogens is 1220 g/mol. The molecule has 8 aromatic rings. The molecule has 0 saturated heterocycles. The zero-order chi connectivity index (χ0) is 55.0. The van der Waals surface area contributed by atoms with Gasteiger partial charge in [-0.2, -0.15) is 0 Å². The minimum Gasteiger partial charge on any atom is -1.00 e. The molecular formula is C76H64Cl2Si2Zr2-2. The van der Waals surface area contributed by atoms with Crippen LogP contribution >= 0.6 is 0 Å². The third-order valence-corrected chi connectivity index (χ3v) is 15.3. The van der Waals surface area contributed by atoms with Gasteiger partial charge >= 0.3 is 83.7 Å². The van der Waals surface area contributed by atoms with Crippen molar-refractivity contribution >= 4 is 33.2 Å². The Kier molecular flexibility index (Phi) is 21.5. The Morgan fingerprint density at radius 3 is 0.695 bits per heavy atom. The maximum absolute atomic E-state index is 3.61. The Balaban J connectivity index is 0.000000125. The van der Waals surface area contributed by atoms with Crippen molar-refractivity contribution in [1.29, 1.82) is 0 Å². The van der Waals surface area contributed by atoms with E-state index in [1.54, 1.807) is 46.7 Å². The van der Waals surface area contributed by atoms with Gasteiger partial charge in [-0.15, -0.1) is 164 Å². The fraction of sp³-hybridized carbons (Fsp3) is 0.158. The smallest absolute Gasteiger partial charge is 0.0195 e. The maximum atomic E-state index is 3.61. The Morgan fingerprint density at radius 1 is 0.293 bits per heavy atom. The van der Waals surface area contributed by atoms with Crippen molar-refractivity contribution in [2.24, 2.45) is 0 Å². The summed E-state index contributed by atoms with van der Waals surface area (Å²) in [5.74, 6) is 0. The van der Waals surface area contributed by atoms with E-state index in [4.69, 9.17) is 0 Å². The minimum absolute atomic E-state index is 0. The third-order valence-electron chi connectivity index (χ3n) is 15.3. The van der Waals surface area contributed by atoms with E-state index in [0.717, 1.165) is 51.4 Å². The molecule has 0 saturated carbocycles. The van der Waals surface area contributed by atoms with Gasteiger partial charge < -0.3 is 24.8 Å². The summed E-state index contributed by atoms with van der Waals surface area (Å²) >= 11 is 3.48. The van der Waals surface area contributed by atoms with Gasteiger partial charge in [-0.1, -0.05) is 190 Å². The summed E-state index contributed by atoms with van der Waals surface area (Å²) in [6.07, 6.45) is 34.4. The summed E-state index contributed by atoms with van der Waals surface area (Å²) < 4.78 is 0. The van der Waals surface area contributed by atoms with Crippen LogP contribution in [-0.2, 0) is 72.4 Å². The molecule has 8 aliphatic rings. The van der Waals surface area contributed by atoms with Crippen LogP contribution in [0.25, 0.3) is 66.8 Å². The number of halogens is 2. The standard InChI is InChI=1S/4C18H13.2C2H6Si.2ClH.2Zr/c4*1-2-6-13(5-1)14-9-10-18-16(11-14)12-15-7-3-4-8-17(15)18;2*1-3-2;;;;/h4*1-5,7-10H,6,12H2;2*1-2H3;2*1H;;/q4*-1;;;;;2*+2/p-2. The molecule has 6 heteroatoms. The van der Waals surface area contributed by atoms with Crippen LogP contribution in [0.4, 0.5) is 0 Å². The van der Waals surface area contributed by atoms with Gasteiger partial charge in [-0.25, -0.2) is 0 Å². The Bertz CT molecular complexity index is 3480. The van der Waals surface area contributed by atoms with Crippen LogP contribution in [0.15, 0.2) is 219 Å². The molecule has 0 N–H and O–H groups in total. The van der Waals surface area contributed by atoms with Crippen molar-refractivity contribution in [3.63, 3.8) is 0 Å². The van der Waals surface area contributed by atoms with Gasteiger partial charge in [0, 0.05) is 0 Å². The van der Waals surface area contributed by atoms with Crippen LogP contribution in [0, 0.1) is 24.3 Å². The normalized spacial score (nSPS) is 14.2. The van der Waals surface area contributed by atoms with Crippen molar-refractivity contribution in [3.05, 3.63) is 310 Å². The number of benzene rings is 8. The molecule has 0 nitrogen and oxygen atoms in total. The predicted octanol–water partition coefficient (Wildman–Crippen LogP) is 13.2. The fourth-order valence-electron chi connectivity index (χ4n) is 11.6. The van der Waals surface area contributed by atoms with Gasteiger partial charge in [-0.3, -0.25) is 0 Å². The second-order valence-electron chi connectivity index (χ2n) is 21.7. The molecule has 400 valence electrons. The molecule has 0 unspecified atom stereocenters. The van der Waals surface area contributed by atoms with E-state index < -0.39 is 0 Å². The summed E-state index contributed by atoms with van der Waals surface area (Å²) in [6.45, 7) is 9.23. The maximum Gasteiger partial charge on any atom is -0.0195 e. The molecule has 0 aromatic heterocycles. The number of hydrogen-bond acceptors (Lipinski definition) is 0. The van der Waals surface area contributed by atoms with Crippen LogP contribution in [0.2, 0.25) is 26.2 Å². The van der Waals surface area contributed by atoms with Crippen LogP contribution in [0.3, 0.4) is 0 Å². The predicted molar refractivity (Wildman–Crippen MR) is 336 cm³/mol. The van der Waals surface area contributed by atoms with E-state index in [1.807, 2.05) is 0 Å². The Labute approximate surface area is 531 Å². The Hall–Kier alpha value is -5.54. The molecule has 0 spiro atoms. The third kappa shape index (κ3) is 14.5. The first kappa shape index (κ1) is 61.0. The first-order chi connectivity index (χ1) is 39.1. The van der Waals surface area contributed by atoms with E-state index in [-0.39, 0.29) is 35.7 Å². The van der Waals surface area contributed by atoms with Gasteiger partial charge in [0.15, 0.2) is 0 Å².